The molecule has 31 heavy (non-hydrogen) atoms. The summed E-state index contributed by atoms with van der Waals surface area (Å²) < 4.78 is 6.40. The van der Waals surface area contributed by atoms with Gasteiger partial charge < -0.3 is 20.3 Å². The van der Waals surface area contributed by atoms with Crippen LogP contribution in [-0.4, -0.2) is 48.1 Å². The van der Waals surface area contributed by atoms with Crippen LogP contribution in [0.1, 0.15) is 68.6 Å². The molecule has 3 saturated carbocycles. The number of fused-ring (bicyclic) bond motifs is 3. The first-order valence-electron chi connectivity index (χ1n) is 12.2. The Labute approximate surface area is 185 Å². The number of benzene rings is 1. The van der Waals surface area contributed by atoms with Gasteiger partial charge in [0.2, 0.25) is 5.91 Å². The highest BCUT2D eigenvalue weighted by molar-refractivity contribution is 5.98. The van der Waals surface area contributed by atoms with E-state index in [0.29, 0.717) is 17.4 Å². The standard InChI is InChI=1S/C25H35N3O3/c1-17-7-4-5-13-28(17)14-6-12-26-23(29)21-15-19-11-10-18(21)16-25(19)27-24(30)20-8-2-3-9-22(20)31-25/h2-3,8-9,17-19,21H,4-7,10-16H2,1H3,(H,26,29)(H,27,30)/t17-,18+,19-,21+,25-/m1/s1. The van der Waals surface area contributed by atoms with E-state index in [1.165, 1.54) is 25.8 Å². The molecule has 2 N–H and O–H groups in total. The minimum absolute atomic E-state index is 0.0379. The second-order valence-corrected chi connectivity index (χ2v) is 10.0. The number of para-hydroxylation sites is 1. The topological polar surface area (TPSA) is 70.7 Å². The van der Waals surface area contributed by atoms with Gasteiger partial charge in [0.1, 0.15) is 5.75 Å². The van der Waals surface area contributed by atoms with E-state index in [1.54, 1.807) is 6.07 Å². The van der Waals surface area contributed by atoms with Crippen LogP contribution in [0.4, 0.5) is 0 Å². The zero-order chi connectivity index (χ0) is 21.4. The lowest BCUT2D eigenvalue weighted by atomic mass is 9.60. The molecule has 2 heterocycles. The highest BCUT2D eigenvalue weighted by Gasteiger charge is 2.57. The van der Waals surface area contributed by atoms with Crippen molar-refractivity contribution in [3.05, 3.63) is 29.8 Å². The summed E-state index contributed by atoms with van der Waals surface area (Å²) in [4.78, 5) is 28.2. The highest BCUT2D eigenvalue weighted by Crippen LogP contribution is 2.52. The normalized spacial score (nSPS) is 34.7. The maximum atomic E-state index is 13.0. The van der Waals surface area contributed by atoms with Gasteiger partial charge in [-0.1, -0.05) is 18.6 Å². The van der Waals surface area contributed by atoms with E-state index in [4.69, 9.17) is 4.74 Å². The molecule has 0 aromatic heterocycles. The zero-order valence-electron chi connectivity index (χ0n) is 18.6. The van der Waals surface area contributed by atoms with Crippen LogP contribution in [0.5, 0.6) is 5.75 Å². The summed E-state index contributed by atoms with van der Waals surface area (Å²) in [6, 6.07) is 8.13. The summed E-state index contributed by atoms with van der Waals surface area (Å²) in [5.74, 6) is 1.29. The number of ether oxygens (including phenoxy) is 1. The number of carbonyl (C=O) groups is 2. The molecule has 168 valence electrons. The van der Waals surface area contributed by atoms with Crippen LogP contribution in [0.3, 0.4) is 0 Å². The highest BCUT2D eigenvalue weighted by atomic mass is 16.5. The predicted molar refractivity (Wildman–Crippen MR) is 119 cm³/mol. The Morgan fingerprint density at radius 2 is 2.13 bits per heavy atom. The van der Waals surface area contributed by atoms with Gasteiger partial charge in [0.25, 0.3) is 5.91 Å². The first-order chi connectivity index (χ1) is 15.1. The largest absolute Gasteiger partial charge is 0.467 e. The molecule has 0 unspecified atom stereocenters. The van der Waals surface area contributed by atoms with Crippen LogP contribution in [0.25, 0.3) is 0 Å². The number of carbonyl (C=O) groups excluding carboxylic acids is 2. The summed E-state index contributed by atoms with van der Waals surface area (Å²) >= 11 is 0. The van der Waals surface area contributed by atoms with Crippen LogP contribution < -0.4 is 15.4 Å². The Morgan fingerprint density at radius 3 is 2.94 bits per heavy atom. The number of amides is 2. The fourth-order valence-electron chi connectivity index (χ4n) is 6.40. The van der Waals surface area contributed by atoms with Crippen molar-refractivity contribution in [2.24, 2.45) is 17.8 Å². The molecule has 0 radical (unpaired) electrons. The molecule has 6 nitrogen and oxygen atoms in total. The average Bonchev–Trinajstić information content (AvgIpc) is 2.78. The molecular formula is C25H35N3O3. The lowest BCUT2D eigenvalue weighted by Gasteiger charge is -2.55. The maximum absolute atomic E-state index is 13.0. The van der Waals surface area contributed by atoms with Gasteiger partial charge in [0.15, 0.2) is 5.72 Å². The molecular weight excluding hydrogens is 390 g/mol. The van der Waals surface area contributed by atoms with Crippen molar-refractivity contribution >= 4 is 11.8 Å². The number of hydrogen-bond donors (Lipinski definition) is 2. The molecule has 5 atom stereocenters. The van der Waals surface area contributed by atoms with Gasteiger partial charge in [-0.25, -0.2) is 0 Å². The molecule has 6 rings (SSSR count). The Morgan fingerprint density at radius 1 is 1.26 bits per heavy atom. The number of nitrogens with one attached hydrogen (secondary N) is 2. The molecule has 1 saturated heterocycles. The van der Waals surface area contributed by atoms with E-state index in [0.717, 1.165) is 45.2 Å². The lowest BCUT2D eigenvalue weighted by molar-refractivity contribution is -0.146. The smallest absolute Gasteiger partial charge is 0.258 e. The molecule has 5 aliphatic rings. The molecule has 1 aromatic carbocycles. The van der Waals surface area contributed by atoms with Crippen LogP contribution in [0, 0.1) is 17.8 Å². The van der Waals surface area contributed by atoms with Gasteiger partial charge >= 0.3 is 0 Å². The third kappa shape index (κ3) is 3.95. The number of nitrogens with zero attached hydrogens (tertiary/aromatic N) is 1. The molecule has 2 aliphatic heterocycles. The summed E-state index contributed by atoms with van der Waals surface area (Å²) in [6.45, 7) is 5.33. The van der Waals surface area contributed by atoms with Crippen LogP contribution in [0.15, 0.2) is 24.3 Å². The fraction of sp³-hybridized carbons (Fsp3) is 0.680. The molecule has 1 aromatic rings. The van der Waals surface area contributed by atoms with E-state index in [1.807, 2.05) is 18.2 Å². The first-order valence-corrected chi connectivity index (χ1v) is 12.2. The van der Waals surface area contributed by atoms with Crippen molar-refractivity contribution in [1.29, 1.82) is 0 Å². The van der Waals surface area contributed by atoms with Gasteiger partial charge in [-0.2, -0.15) is 0 Å². The van der Waals surface area contributed by atoms with E-state index in [2.05, 4.69) is 22.5 Å². The van der Waals surface area contributed by atoms with E-state index >= 15 is 0 Å². The second-order valence-electron chi connectivity index (χ2n) is 10.0. The minimum Gasteiger partial charge on any atom is -0.467 e. The number of likely N-dealkylation sites (tertiary alicyclic amines) is 1. The minimum atomic E-state index is -0.643. The number of piperidine rings is 1. The number of hydrogen-bond acceptors (Lipinski definition) is 4. The van der Waals surface area contributed by atoms with Crippen molar-refractivity contribution in [2.45, 2.75) is 70.1 Å². The number of rotatable bonds is 5. The van der Waals surface area contributed by atoms with Gasteiger partial charge in [0, 0.05) is 37.4 Å². The van der Waals surface area contributed by atoms with Crippen molar-refractivity contribution in [2.75, 3.05) is 19.6 Å². The van der Waals surface area contributed by atoms with Crippen LogP contribution >= 0.6 is 0 Å². The first kappa shape index (κ1) is 20.8. The Balaban J connectivity index is 1.16. The quantitative estimate of drug-likeness (QED) is 0.710. The second kappa shape index (κ2) is 8.45. The van der Waals surface area contributed by atoms with E-state index < -0.39 is 5.72 Å². The summed E-state index contributed by atoms with van der Waals surface area (Å²) in [7, 11) is 0. The van der Waals surface area contributed by atoms with E-state index in [9.17, 15) is 9.59 Å². The summed E-state index contributed by atoms with van der Waals surface area (Å²) in [6.07, 6.45) is 8.51. The molecule has 1 spiro atoms. The Bertz CT molecular complexity index is 843. The third-order valence-electron chi connectivity index (χ3n) is 8.17. The maximum Gasteiger partial charge on any atom is 0.258 e. The monoisotopic (exact) mass is 425 g/mol. The third-order valence-corrected chi connectivity index (χ3v) is 8.17. The lowest BCUT2D eigenvalue weighted by Crippen LogP contribution is -2.66. The van der Waals surface area contributed by atoms with Crippen LogP contribution in [-0.2, 0) is 4.79 Å². The van der Waals surface area contributed by atoms with E-state index in [-0.39, 0.29) is 29.6 Å². The van der Waals surface area contributed by atoms with Gasteiger partial charge in [-0.05, 0) is 70.0 Å². The van der Waals surface area contributed by atoms with Gasteiger partial charge in [-0.3, -0.25) is 9.59 Å². The Kier molecular flexibility index (Phi) is 5.67. The summed E-state index contributed by atoms with van der Waals surface area (Å²) in [5, 5.41) is 6.39. The van der Waals surface area contributed by atoms with Crippen LogP contribution in [0.2, 0.25) is 0 Å². The van der Waals surface area contributed by atoms with Gasteiger partial charge in [0.05, 0.1) is 5.56 Å². The average molecular weight is 426 g/mol. The van der Waals surface area contributed by atoms with Crippen molar-refractivity contribution in [3.63, 3.8) is 0 Å². The molecule has 6 heteroatoms. The van der Waals surface area contributed by atoms with Crippen molar-refractivity contribution in [1.82, 2.24) is 15.5 Å². The zero-order valence-corrected chi connectivity index (χ0v) is 18.6. The SMILES string of the molecule is C[C@@H]1CCCCN1CCCNC(=O)[C@H]1C[C@H]2CC[C@H]1C[C@]21NC(=O)c2ccccc2O1. The van der Waals surface area contributed by atoms with Gasteiger partial charge in [-0.15, -0.1) is 0 Å². The van der Waals surface area contributed by atoms with Crippen molar-refractivity contribution < 1.29 is 14.3 Å². The molecule has 2 bridgehead atoms. The summed E-state index contributed by atoms with van der Waals surface area (Å²) in [5.41, 5.74) is -0.0397. The molecule has 2 amide bonds. The molecule has 3 aliphatic carbocycles. The van der Waals surface area contributed by atoms with Crippen molar-refractivity contribution in [3.8, 4) is 5.75 Å². The molecule has 4 fully saturated rings. The fourth-order valence-corrected chi connectivity index (χ4v) is 6.40. The Hall–Kier alpha value is -2.08. The predicted octanol–water partition coefficient (Wildman–Crippen LogP) is 3.32.